The van der Waals surface area contributed by atoms with Crippen molar-refractivity contribution in [1.29, 1.82) is 0 Å². The van der Waals surface area contributed by atoms with Crippen molar-refractivity contribution in [2.75, 3.05) is 20.2 Å². The van der Waals surface area contributed by atoms with Crippen LogP contribution in [0.2, 0.25) is 0 Å². The van der Waals surface area contributed by atoms with Crippen LogP contribution in [0.3, 0.4) is 0 Å². The minimum Gasteiger partial charge on any atom is -0.496 e. The Labute approximate surface area is 100.0 Å². The molecule has 1 aromatic carbocycles. The van der Waals surface area contributed by atoms with Crippen LogP contribution in [0, 0.1) is 0 Å². The highest BCUT2D eigenvalue weighted by molar-refractivity contribution is 5.39. The summed E-state index contributed by atoms with van der Waals surface area (Å²) in [6, 6.07) is 5.12. The summed E-state index contributed by atoms with van der Waals surface area (Å²) in [5.41, 5.74) is 0.976. The standard InChI is InChI=1S/C13H17F2NO/c1-17-12-5-4-9(7-11(12)13(14)15)10-3-2-6-16-8-10/h4-5,7,10,13,16H,2-3,6,8H2,1H3. The third kappa shape index (κ3) is 2.75. The first-order chi connectivity index (χ1) is 8.22. The fourth-order valence-corrected chi connectivity index (χ4v) is 2.31. The maximum absolute atomic E-state index is 12.9. The molecule has 0 aliphatic carbocycles. The monoisotopic (exact) mass is 241 g/mol. The Morgan fingerprint density at radius 2 is 2.24 bits per heavy atom. The molecule has 1 atom stereocenters. The summed E-state index contributed by atoms with van der Waals surface area (Å²) in [5.74, 6) is 0.611. The zero-order valence-electron chi connectivity index (χ0n) is 9.88. The highest BCUT2D eigenvalue weighted by atomic mass is 19.3. The van der Waals surface area contributed by atoms with Gasteiger partial charge in [-0.1, -0.05) is 6.07 Å². The van der Waals surface area contributed by atoms with Crippen molar-refractivity contribution >= 4 is 0 Å². The fourth-order valence-electron chi connectivity index (χ4n) is 2.31. The average molecular weight is 241 g/mol. The molecule has 0 saturated carbocycles. The van der Waals surface area contributed by atoms with Crippen molar-refractivity contribution in [1.82, 2.24) is 5.32 Å². The lowest BCUT2D eigenvalue weighted by molar-refractivity contribution is 0.147. The van der Waals surface area contributed by atoms with Crippen molar-refractivity contribution in [2.24, 2.45) is 0 Å². The van der Waals surface area contributed by atoms with Crippen molar-refractivity contribution in [3.8, 4) is 5.75 Å². The van der Waals surface area contributed by atoms with E-state index in [4.69, 9.17) is 4.74 Å². The molecule has 94 valence electrons. The number of alkyl halides is 2. The minimum absolute atomic E-state index is 0.00410. The van der Waals surface area contributed by atoms with E-state index < -0.39 is 6.43 Å². The summed E-state index contributed by atoms with van der Waals surface area (Å²) in [5, 5.41) is 3.29. The van der Waals surface area contributed by atoms with Gasteiger partial charge in [0, 0.05) is 6.54 Å². The molecule has 1 aliphatic heterocycles. The van der Waals surface area contributed by atoms with E-state index in [1.807, 2.05) is 6.07 Å². The van der Waals surface area contributed by atoms with Gasteiger partial charge in [-0.25, -0.2) is 8.78 Å². The van der Waals surface area contributed by atoms with Crippen molar-refractivity contribution < 1.29 is 13.5 Å². The van der Waals surface area contributed by atoms with E-state index in [9.17, 15) is 8.78 Å². The molecule has 1 unspecified atom stereocenters. The lowest BCUT2D eigenvalue weighted by Gasteiger charge is -2.24. The Balaban J connectivity index is 2.26. The highest BCUT2D eigenvalue weighted by Crippen LogP contribution is 2.33. The van der Waals surface area contributed by atoms with Crippen LogP contribution >= 0.6 is 0 Å². The average Bonchev–Trinajstić information content (AvgIpc) is 2.39. The summed E-state index contributed by atoms with van der Waals surface area (Å²) in [7, 11) is 1.42. The van der Waals surface area contributed by atoms with Crippen LogP contribution in [0.1, 0.15) is 36.3 Å². The van der Waals surface area contributed by atoms with Gasteiger partial charge in [-0.2, -0.15) is 0 Å². The molecule has 0 bridgehead atoms. The zero-order chi connectivity index (χ0) is 12.3. The molecule has 1 N–H and O–H groups in total. The lowest BCUT2D eigenvalue weighted by Crippen LogP contribution is -2.28. The van der Waals surface area contributed by atoms with E-state index in [1.165, 1.54) is 7.11 Å². The minimum atomic E-state index is -2.48. The second-order valence-corrected chi connectivity index (χ2v) is 4.35. The Morgan fingerprint density at radius 1 is 1.41 bits per heavy atom. The van der Waals surface area contributed by atoms with Crippen LogP contribution in [0.5, 0.6) is 5.75 Å². The second kappa shape index (κ2) is 5.45. The number of benzene rings is 1. The molecule has 17 heavy (non-hydrogen) atoms. The van der Waals surface area contributed by atoms with Gasteiger partial charge in [-0.15, -0.1) is 0 Å². The number of hydrogen-bond acceptors (Lipinski definition) is 2. The molecule has 1 saturated heterocycles. The number of rotatable bonds is 3. The van der Waals surface area contributed by atoms with Gasteiger partial charge < -0.3 is 10.1 Å². The van der Waals surface area contributed by atoms with Crippen molar-refractivity contribution in [2.45, 2.75) is 25.2 Å². The molecule has 0 spiro atoms. The van der Waals surface area contributed by atoms with E-state index in [-0.39, 0.29) is 11.3 Å². The molecule has 1 fully saturated rings. The van der Waals surface area contributed by atoms with E-state index in [1.54, 1.807) is 12.1 Å². The van der Waals surface area contributed by atoms with Crippen LogP contribution in [0.4, 0.5) is 8.78 Å². The number of nitrogens with one attached hydrogen (secondary N) is 1. The number of piperidine rings is 1. The molecule has 0 radical (unpaired) electrons. The van der Waals surface area contributed by atoms with E-state index >= 15 is 0 Å². The summed E-state index contributed by atoms with van der Waals surface area (Å²) >= 11 is 0. The molecule has 0 aromatic heterocycles. The van der Waals surface area contributed by atoms with E-state index in [0.717, 1.165) is 31.5 Å². The highest BCUT2D eigenvalue weighted by Gasteiger charge is 2.19. The summed E-state index contributed by atoms with van der Waals surface area (Å²) in [6.45, 7) is 1.89. The first-order valence-corrected chi connectivity index (χ1v) is 5.89. The Kier molecular flexibility index (Phi) is 3.94. The maximum atomic E-state index is 12.9. The summed E-state index contributed by atoms with van der Waals surface area (Å²) in [6.07, 6.45) is -0.329. The van der Waals surface area contributed by atoms with Gasteiger partial charge >= 0.3 is 0 Å². The van der Waals surface area contributed by atoms with Gasteiger partial charge in [0.15, 0.2) is 0 Å². The third-order valence-electron chi connectivity index (χ3n) is 3.26. The van der Waals surface area contributed by atoms with Crippen LogP contribution in [-0.2, 0) is 0 Å². The first kappa shape index (κ1) is 12.3. The topological polar surface area (TPSA) is 21.3 Å². The molecule has 1 aliphatic rings. The second-order valence-electron chi connectivity index (χ2n) is 4.35. The number of hydrogen-bond donors (Lipinski definition) is 1. The van der Waals surface area contributed by atoms with Crippen LogP contribution in [0.25, 0.3) is 0 Å². The molecule has 1 aromatic rings. The van der Waals surface area contributed by atoms with Gasteiger partial charge in [-0.3, -0.25) is 0 Å². The molecular formula is C13H17F2NO. The van der Waals surface area contributed by atoms with Crippen LogP contribution in [-0.4, -0.2) is 20.2 Å². The maximum Gasteiger partial charge on any atom is 0.267 e. The summed E-state index contributed by atoms with van der Waals surface area (Å²) in [4.78, 5) is 0. The lowest BCUT2D eigenvalue weighted by atomic mass is 9.90. The molecule has 2 nitrogen and oxygen atoms in total. The normalized spacial score (nSPS) is 20.6. The smallest absolute Gasteiger partial charge is 0.267 e. The van der Waals surface area contributed by atoms with Gasteiger partial charge in [0.05, 0.1) is 12.7 Å². The quantitative estimate of drug-likeness (QED) is 0.878. The van der Waals surface area contributed by atoms with E-state index in [0.29, 0.717) is 5.92 Å². The van der Waals surface area contributed by atoms with Crippen LogP contribution in [0.15, 0.2) is 18.2 Å². The summed E-state index contributed by atoms with van der Waals surface area (Å²) < 4.78 is 30.7. The largest absolute Gasteiger partial charge is 0.496 e. The van der Waals surface area contributed by atoms with Gasteiger partial charge in [0.1, 0.15) is 5.75 Å². The van der Waals surface area contributed by atoms with Gasteiger partial charge in [-0.05, 0) is 43.0 Å². The van der Waals surface area contributed by atoms with Gasteiger partial charge in [0.25, 0.3) is 6.43 Å². The predicted octanol–water partition coefficient (Wildman–Crippen LogP) is 3.10. The molecule has 1 heterocycles. The zero-order valence-corrected chi connectivity index (χ0v) is 9.88. The van der Waals surface area contributed by atoms with Crippen molar-refractivity contribution in [3.05, 3.63) is 29.3 Å². The number of ether oxygens (including phenoxy) is 1. The molecular weight excluding hydrogens is 224 g/mol. The third-order valence-corrected chi connectivity index (χ3v) is 3.26. The molecule has 4 heteroatoms. The number of methoxy groups -OCH3 is 1. The first-order valence-electron chi connectivity index (χ1n) is 5.89. The Hall–Kier alpha value is -1.16. The number of halogens is 2. The van der Waals surface area contributed by atoms with Gasteiger partial charge in [0.2, 0.25) is 0 Å². The Morgan fingerprint density at radius 3 is 2.82 bits per heavy atom. The Bertz CT molecular complexity index is 376. The van der Waals surface area contributed by atoms with Crippen molar-refractivity contribution in [3.63, 3.8) is 0 Å². The molecule has 2 rings (SSSR count). The van der Waals surface area contributed by atoms with E-state index in [2.05, 4.69) is 5.32 Å². The molecule has 0 amide bonds. The SMILES string of the molecule is COc1ccc(C2CCCNC2)cc1C(F)F. The predicted molar refractivity (Wildman–Crippen MR) is 62.8 cm³/mol. The van der Waals surface area contributed by atoms with Crippen LogP contribution < -0.4 is 10.1 Å². The fraction of sp³-hybridized carbons (Fsp3) is 0.538.